The number of carbonyl (C=O) groups is 2. The lowest BCUT2D eigenvalue weighted by Crippen LogP contribution is -2.50. The van der Waals surface area contributed by atoms with E-state index in [0.29, 0.717) is 18.7 Å². The summed E-state index contributed by atoms with van der Waals surface area (Å²) in [6, 6.07) is 7.67. The number of H-pyrrole nitrogens is 1. The quantitative estimate of drug-likeness (QED) is 0.831. The van der Waals surface area contributed by atoms with E-state index in [4.69, 9.17) is 0 Å². The number of para-hydroxylation sites is 1. The molecule has 0 unspecified atom stereocenters. The van der Waals surface area contributed by atoms with Crippen molar-refractivity contribution in [1.82, 2.24) is 14.8 Å². The molecule has 0 spiro atoms. The van der Waals surface area contributed by atoms with Crippen molar-refractivity contribution in [2.45, 2.75) is 0 Å². The molecule has 1 fully saturated rings. The summed E-state index contributed by atoms with van der Waals surface area (Å²) in [5.74, 6) is -0.0988. The number of nitrogens with zero attached hydrogens (tertiary/aromatic N) is 2. The van der Waals surface area contributed by atoms with Gasteiger partial charge >= 0.3 is 0 Å². The van der Waals surface area contributed by atoms with Crippen LogP contribution in [0, 0.1) is 0 Å². The lowest BCUT2D eigenvalue weighted by atomic mass is 10.1. The van der Waals surface area contributed by atoms with Crippen LogP contribution in [0.4, 0.5) is 0 Å². The van der Waals surface area contributed by atoms with Crippen molar-refractivity contribution in [2.24, 2.45) is 0 Å². The van der Waals surface area contributed by atoms with E-state index in [0.717, 1.165) is 10.9 Å². The Kier molecular flexibility index (Phi) is 2.74. The first kappa shape index (κ1) is 11.8. The first-order valence-corrected chi connectivity index (χ1v) is 6.26. The topological polar surface area (TPSA) is 56.4 Å². The second kappa shape index (κ2) is 4.42. The highest BCUT2D eigenvalue weighted by Crippen LogP contribution is 2.20. The minimum absolute atomic E-state index is 0.0144. The minimum atomic E-state index is -0.0844. The van der Waals surface area contributed by atoms with Gasteiger partial charge in [0.05, 0.1) is 5.56 Å². The van der Waals surface area contributed by atoms with Gasteiger partial charge < -0.3 is 14.8 Å². The van der Waals surface area contributed by atoms with Crippen LogP contribution in [-0.4, -0.2) is 53.3 Å². The number of nitrogens with one attached hydrogen (secondary N) is 1. The molecule has 5 heteroatoms. The molecule has 2 heterocycles. The van der Waals surface area contributed by atoms with Gasteiger partial charge in [-0.2, -0.15) is 0 Å². The van der Waals surface area contributed by atoms with E-state index in [2.05, 4.69) is 4.98 Å². The number of carbonyl (C=O) groups excluding carboxylic acids is 2. The van der Waals surface area contributed by atoms with Gasteiger partial charge in [-0.3, -0.25) is 9.59 Å². The number of benzene rings is 1. The fourth-order valence-electron chi connectivity index (χ4n) is 2.35. The number of hydrogen-bond acceptors (Lipinski definition) is 2. The van der Waals surface area contributed by atoms with Gasteiger partial charge in [-0.25, -0.2) is 0 Å². The minimum Gasteiger partial charge on any atom is -0.360 e. The number of amides is 2. The van der Waals surface area contributed by atoms with Crippen LogP contribution in [-0.2, 0) is 4.79 Å². The predicted octanol–water partition coefficient (Wildman–Crippen LogP) is 1.08. The Balaban J connectivity index is 1.90. The van der Waals surface area contributed by atoms with Crippen LogP contribution in [0.15, 0.2) is 30.5 Å². The number of fused-ring (bicyclic) bond motifs is 1. The summed E-state index contributed by atoms with van der Waals surface area (Å²) >= 11 is 0. The summed E-state index contributed by atoms with van der Waals surface area (Å²) < 4.78 is 0. The SMILES string of the molecule is CN1CCN(C(=O)c2c[nH]c3ccccc23)CC1=O. The van der Waals surface area contributed by atoms with Crippen LogP contribution in [0.1, 0.15) is 10.4 Å². The summed E-state index contributed by atoms with van der Waals surface area (Å²) in [4.78, 5) is 30.5. The molecule has 2 amide bonds. The van der Waals surface area contributed by atoms with Gasteiger partial charge in [0.2, 0.25) is 5.91 Å². The van der Waals surface area contributed by atoms with Crippen molar-refractivity contribution >= 4 is 22.7 Å². The maximum atomic E-state index is 12.5. The average molecular weight is 257 g/mol. The Morgan fingerprint density at radius 2 is 2.05 bits per heavy atom. The van der Waals surface area contributed by atoms with Crippen LogP contribution >= 0.6 is 0 Å². The van der Waals surface area contributed by atoms with Gasteiger partial charge in [-0.15, -0.1) is 0 Å². The summed E-state index contributed by atoms with van der Waals surface area (Å²) in [6.45, 7) is 1.34. The fourth-order valence-corrected chi connectivity index (χ4v) is 2.35. The third-order valence-corrected chi connectivity index (χ3v) is 3.56. The molecule has 1 saturated heterocycles. The van der Waals surface area contributed by atoms with Crippen molar-refractivity contribution < 1.29 is 9.59 Å². The molecular weight excluding hydrogens is 242 g/mol. The van der Waals surface area contributed by atoms with Crippen LogP contribution in [0.5, 0.6) is 0 Å². The zero-order valence-electron chi connectivity index (χ0n) is 10.7. The number of hydrogen-bond donors (Lipinski definition) is 1. The van der Waals surface area contributed by atoms with E-state index in [9.17, 15) is 9.59 Å². The van der Waals surface area contributed by atoms with Gasteiger partial charge in [-0.05, 0) is 6.07 Å². The number of aromatic amines is 1. The van der Waals surface area contributed by atoms with Crippen LogP contribution in [0.25, 0.3) is 10.9 Å². The normalized spacial score (nSPS) is 16.2. The monoisotopic (exact) mass is 257 g/mol. The largest absolute Gasteiger partial charge is 0.360 e. The summed E-state index contributed by atoms with van der Waals surface area (Å²) in [5.41, 5.74) is 1.57. The highest BCUT2D eigenvalue weighted by molar-refractivity contribution is 6.07. The second-order valence-electron chi connectivity index (χ2n) is 4.79. The molecule has 0 aliphatic carbocycles. The predicted molar refractivity (Wildman–Crippen MR) is 71.8 cm³/mol. The van der Waals surface area contributed by atoms with Crippen molar-refractivity contribution in [3.05, 3.63) is 36.0 Å². The second-order valence-corrected chi connectivity index (χ2v) is 4.79. The molecule has 1 aromatic carbocycles. The van der Waals surface area contributed by atoms with E-state index >= 15 is 0 Å². The molecule has 98 valence electrons. The summed E-state index contributed by atoms with van der Waals surface area (Å²) in [5, 5.41) is 0.902. The number of likely N-dealkylation sites (N-methyl/N-ethyl adjacent to an activating group) is 1. The molecule has 1 aliphatic rings. The lowest BCUT2D eigenvalue weighted by Gasteiger charge is -2.31. The van der Waals surface area contributed by atoms with E-state index in [1.165, 1.54) is 0 Å². The summed E-state index contributed by atoms with van der Waals surface area (Å²) in [6.07, 6.45) is 1.72. The van der Waals surface area contributed by atoms with Crippen LogP contribution < -0.4 is 0 Å². The van der Waals surface area contributed by atoms with Crippen molar-refractivity contribution in [2.75, 3.05) is 26.7 Å². The standard InChI is InChI=1S/C14H15N3O2/c1-16-6-7-17(9-13(16)18)14(19)11-8-15-12-5-3-2-4-10(11)12/h2-5,8,15H,6-7,9H2,1H3. The molecule has 1 aromatic heterocycles. The van der Waals surface area contributed by atoms with Crippen LogP contribution in [0.3, 0.4) is 0 Å². The Labute approximate surface area is 110 Å². The van der Waals surface area contributed by atoms with E-state index in [1.54, 1.807) is 23.0 Å². The van der Waals surface area contributed by atoms with Crippen molar-refractivity contribution in [3.63, 3.8) is 0 Å². The Morgan fingerprint density at radius 1 is 1.26 bits per heavy atom. The van der Waals surface area contributed by atoms with Gasteiger partial charge in [0.15, 0.2) is 0 Å². The van der Waals surface area contributed by atoms with E-state index in [-0.39, 0.29) is 18.4 Å². The van der Waals surface area contributed by atoms with Crippen molar-refractivity contribution in [3.8, 4) is 0 Å². The molecular formula is C14H15N3O2. The van der Waals surface area contributed by atoms with Gasteiger partial charge in [0, 0.05) is 37.2 Å². The maximum Gasteiger partial charge on any atom is 0.256 e. The Hall–Kier alpha value is -2.30. The Bertz CT molecular complexity index is 647. The third-order valence-electron chi connectivity index (χ3n) is 3.56. The zero-order chi connectivity index (χ0) is 13.4. The van der Waals surface area contributed by atoms with E-state index < -0.39 is 0 Å². The van der Waals surface area contributed by atoms with E-state index in [1.807, 2.05) is 24.3 Å². The fraction of sp³-hybridized carbons (Fsp3) is 0.286. The Morgan fingerprint density at radius 3 is 2.84 bits per heavy atom. The third kappa shape index (κ3) is 1.97. The van der Waals surface area contributed by atoms with Gasteiger partial charge in [0.1, 0.15) is 6.54 Å². The molecule has 2 aromatic rings. The van der Waals surface area contributed by atoms with Crippen molar-refractivity contribution in [1.29, 1.82) is 0 Å². The van der Waals surface area contributed by atoms with Gasteiger partial charge in [0.25, 0.3) is 5.91 Å². The molecule has 5 nitrogen and oxygen atoms in total. The van der Waals surface area contributed by atoms with Gasteiger partial charge in [-0.1, -0.05) is 18.2 Å². The molecule has 1 N–H and O–H groups in total. The number of aromatic nitrogens is 1. The molecule has 19 heavy (non-hydrogen) atoms. The molecule has 0 radical (unpaired) electrons. The highest BCUT2D eigenvalue weighted by Gasteiger charge is 2.26. The molecule has 3 rings (SSSR count). The smallest absolute Gasteiger partial charge is 0.256 e. The molecule has 0 atom stereocenters. The van der Waals surface area contributed by atoms with Crippen LogP contribution in [0.2, 0.25) is 0 Å². The average Bonchev–Trinajstić information content (AvgIpc) is 2.85. The first-order chi connectivity index (χ1) is 9.16. The first-order valence-electron chi connectivity index (χ1n) is 6.26. The molecule has 0 saturated carbocycles. The number of rotatable bonds is 1. The molecule has 1 aliphatic heterocycles. The zero-order valence-corrected chi connectivity index (χ0v) is 10.7. The highest BCUT2D eigenvalue weighted by atomic mass is 16.2. The number of piperazine rings is 1. The lowest BCUT2D eigenvalue weighted by molar-refractivity contribution is -0.133. The molecule has 0 bridgehead atoms. The maximum absolute atomic E-state index is 12.5. The summed E-state index contributed by atoms with van der Waals surface area (Å²) in [7, 11) is 1.76.